The molecule has 4 rings (SSSR count). The summed E-state index contributed by atoms with van der Waals surface area (Å²) >= 11 is 0. The van der Waals surface area contributed by atoms with E-state index in [1.54, 1.807) is 43.3 Å². The van der Waals surface area contributed by atoms with Crippen molar-refractivity contribution in [1.82, 2.24) is 0 Å². The number of rotatable bonds is 6. The van der Waals surface area contributed by atoms with Crippen LogP contribution in [0.2, 0.25) is 0 Å². The molecule has 1 unspecified atom stereocenters. The van der Waals surface area contributed by atoms with Gasteiger partial charge >= 0.3 is 0 Å². The molecule has 2 aromatic rings. The van der Waals surface area contributed by atoms with E-state index >= 15 is 0 Å². The van der Waals surface area contributed by atoms with Gasteiger partial charge in [-0.3, -0.25) is 19.3 Å². The smallest absolute Gasteiger partial charge is 0.268 e. The first kappa shape index (κ1) is 19.8. The summed E-state index contributed by atoms with van der Waals surface area (Å²) in [6.07, 6.45) is 0.409. The number of anilines is 2. The van der Waals surface area contributed by atoms with Gasteiger partial charge in [0, 0.05) is 23.7 Å². The van der Waals surface area contributed by atoms with Crippen molar-refractivity contribution in [2.45, 2.75) is 32.8 Å². The maximum absolute atomic E-state index is 12.7. The van der Waals surface area contributed by atoms with E-state index < -0.39 is 6.10 Å². The van der Waals surface area contributed by atoms with Crippen LogP contribution in [0.15, 0.2) is 36.4 Å². The second-order valence-corrected chi connectivity index (χ2v) is 7.16. The van der Waals surface area contributed by atoms with Gasteiger partial charge in [-0.05, 0) is 43.7 Å². The fourth-order valence-electron chi connectivity index (χ4n) is 3.43. The van der Waals surface area contributed by atoms with Crippen molar-refractivity contribution in [1.29, 1.82) is 0 Å². The second kappa shape index (κ2) is 8.06. The van der Waals surface area contributed by atoms with E-state index in [1.165, 1.54) is 4.90 Å². The van der Waals surface area contributed by atoms with Gasteiger partial charge in [0.2, 0.25) is 12.7 Å². The van der Waals surface area contributed by atoms with Crippen molar-refractivity contribution in [3.05, 3.63) is 42.0 Å². The summed E-state index contributed by atoms with van der Waals surface area (Å²) in [6.45, 7) is 3.49. The van der Waals surface area contributed by atoms with Gasteiger partial charge in [0.1, 0.15) is 12.3 Å². The Bertz CT molecular complexity index is 1020. The molecule has 8 nitrogen and oxygen atoms in total. The molecule has 0 saturated heterocycles. The zero-order valence-electron chi connectivity index (χ0n) is 16.8. The van der Waals surface area contributed by atoms with E-state index in [4.69, 9.17) is 14.2 Å². The lowest BCUT2D eigenvalue weighted by atomic mass is 10.0. The summed E-state index contributed by atoms with van der Waals surface area (Å²) in [6, 6.07) is 10.0. The molecule has 8 heteroatoms. The number of carbonyl (C=O) groups excluding carboxylic acids is 3. The van der Waals surface area contributed by atoms with Gasteiger partial charge in [-0.2, -0.15) is 0 Å². The highest BCUT2D eigenvalue weighted by Gasteiger charge is 2.33. The monoisotopic (exact) mass is 410 g/mol. The lowest BCUT2D eigenvalue weighted by molar-refractivity contribution is -0.127. The Labute approximate surface area is 173 Å². The summed E-state index contributed by atoms with van der Waals surface area (Å²) in [5, 5.41) is 2.77. The minimum absolute atomic E-state index is 0.0175. The number of ether oxygens (including phenoxy) is 3. The van der Waals surface area contributed by atoms with E-state index in [-0.39, 0.29) is 30.9 Å². The van der Waals surface area contributed by atoms with Crippen molar-refractivity contribution in [2.75, 3.05) is 23.6 Å². The fraction of sp³-hybridized carbons (Fsp3) is 0.318. The highest BCUT2D eigenvalue weighted by molar-refractivity contribution is 6.07. The quantitative estimate of drug-likeness (QED) is 0.736. The zero-order chi connectivity index (χ0) is 21.3. The Morgan fingerprint density at radius 1 is 1.10 bits per heavy atom. The summed E-state index contributed by atoms with van der Waals surface area (Å²) < 4.78 is 16.2. The third-order valence-corrected chi connectivity index (χ3v) is 4.92. The van der Waals surface area contributed by atoms with Crippen LogP contribution in [0.25, 0.3) is 0 Å². The minimum Gasteiger partial charge on any atom is -0.479 e. The van der Waals surface area contributed by atoms with Gasteiger partial charge in [-0.1, -0.05) is 6.92 Å². The molecule has 0 aliphatic carbocycles. The molecule has 0 aromatic heterocycles. The van der Waals surface area contributed by atoms with Crippen LogP contribution in [-0.2, 0) is 9.59 Å². The van der Waals surface area contributed by atoms with E-state index in [2.05, 4.69) is 5.32 Å². The number of amides is 2. The lowest BCUT2D eigenvalue weighted by Gasteiger charge is -2.32. The average molecular weight is 410 g/mol. The van der Waals surface area contributed by atoms with Gasteiger partial charge in [-0.25, -0.2) is 0 Å². The third kappa shape index (κ3) is 3.80. The first-order valence-electron chi connectivity index (χ1n) is 9.81. The van der Waals surface area contributed by atoms with Gasteiger partial charge in [0.05, 0.1) is 5.69 Å². The van der Waals surface area contributed by atoms with E-state index in [9.17, 15) is 14.4 Å². The molecule has 0 fully saturated rings. The van der Waals surface area contributed by atoms with E-state index in [1.807, 2.05) is 6.92 Å². The number of hydrogen-bond donors (Lipinski definition) is 1. The molecule has 2 aromatic carbocycles. The molecule has 30 heavy (non-hydrogen) atoms. The molecular weight excluding hydrogens is 388 g/mol. The number of ketones is 1. The van der Waals surface area contributed by atoms with Gasteiger partial charge in [-0.15, -0.1) is 0 Å². The molecule has 0 spiro atoms. The van der Waals surface area contributed by atoms with Crippen LogP contribution < -0.4 is 24.4 Å². The highest BCUT2D eigenvalue weighted by atomic mass is 16.7. The van der Waals surface area contributed by atoms with Crippen molar-refractivity contribution >= 4 is 29.0 Å². The van der Waals surface area contributed by atoms with E-state index in [0.717, 1.165) is 6.42 Å². The molecular formula is C22H22N2O6. The molecule has 1 atom stereocenters. The normalized spacial score (nSPS) is 16.7. The van der Waals surface area contributed by atoms with E-state index in [0.29, 0.717) is 40.6 Å². The Morgan fingerprint density at radius 2 is 1.87 bits per heavy atom. The number of benzene rings is 2. The van der Waals surface area contributed by atoms with Crippen LogP contribution in [0.3, 0.4) is 0 Å². The number of Topliss-reactive ketones (excluding diaryl/α,β-unsaturated/α-hetero) is 1. The molecule has 0 radical (unpaired) electrons. The van der Waals surface area contributed by atoms with Crippen LogP contribution in [-0.4, -0.2) is 37.0 Å². The van der Waals surface area contributed by atoms with Crippen molar-refractivity contribution in [3.63, 3.8) is 0 Å². The molecule has 156 valence electrons. The average Bonchev–Trinajstić information content (AvgIpc) is 3.19. The molecule has 2 amide bonds. The number of nitrogens with zero attached hydrogens (tertiary/aromatic N) is 1. The summed E-state index contributed by atoms with van der Waals surface area (Å²) in [4.78, 5) is 39.1. The van der Waals surface area contributed by atoms with Gasteiger partial charge in [0.15, 0.2) is 23.4 Å². The maximum atomic E-state index is 12.7. The molecule has 0 bridgehead atoms. The largest absolute Gasteiger partial charge is 0.479 e. The van der Waals surface area contributed by atoms with Gasteiger partial charge < -0.3 is 19.5 Å². The highest BCUT2D eigenvalue weighted by Crippen LogP contribution is 2.36. The minimum atomic E-state index is -0.729. The first-order chi connectivity index (χ1) is 14.5. The lowest BCUT2D eigenvalue weighted by Crippen LogP contribution is -2.47. The maximum Gasteiger partial charge on any atom is 0.268 e. The predicted octanol–water partition coefficient (Wildman–Crippen LogP) is 3.15. The predicted molar refractivity (Wildman–Crippen MR) is 109 cm³/mol. The standard InChI is InChI=1S/C22H22N2O6/c1-3-4-17(25)14-5-7-18-16(9-14)24(22(27)13(2)30-18)11-21(26)23-15-6-8-19-20(10-15)29-12-28-19/h5-10,13H,3-4,11-12H2,1-2H3,(H,23,26). The molecule has 2 aliphatic rings. The van der Waals surface area contributed by atoms with Crippen LogP contribution in [0.1, 0.15) is 37.0 Å². The van der Waals surface area contributed by atoms with Crippen LogP contribution >= 0.6 is 0 Å². The topological polar surface area (TPSA) is 94.2 Å². The number of carbonyl (C=O) groups is 3. The Morgan fingerprint density at radius 3 is 2.67 bits per heavy atom. The molecule has 0 saturated carbocycles. The van der Waals surface area contributed by atoms with Crippen molar-refractivity contribution < 1.29 is 28.6 Å². The van der Waals surface area contributed by atoms with Crippen LogP contribution in [0, 0.1) is 0 Å². The van der Waals surface area contributed by atoms with Crippen LogP contribution in [0.4, 0.5) is 11.4 Å². The summed E-state index contributed by atoms with van der Waals surface area (Å²) in [5.41, 5.74) is 1.44. The third-order valence-electron chi connectivity index (χ3n) is 4.92. The summed E-state index contributed by atoms with van der Waals surface area (Å²) in [5.74, 6) is 0.884. The summed E-state index contributed by atoms with van der Waals surface area (Å²) in [7, 11) is 0. The molecule has 2 heterocycles. The number of fused-ring (bicyclic) bond motifs is 2. The Kier molecular flexibility index (Phi) is 5.31. The fourth-order valence-corrected chi connectivity index (χ4v) is 3.43. The van der Waals surface area contributed by atoms with Gasteiger partial charge in [0.25, 0.3) is 5.91 Å². The molecule has 1 N–H and O–H groups in total. The number of hydrogen-bond acceptors (Lipinski definition) is 6. The zero-order valence-corrected chi connectivity index (χ0v) is 16.8. The first-order valence-corrected chi connectivity index (χ1v) is 9.81. The van der Waals surface area contributed by atoms with Crippen LogP contribution in [0.5, 0.6) is 17.2 Å². The molecule has 2 aliphatic heterocycles. The van der Waals surface area contributed by atoms with Crippen molar-refractivity contribution in [2.24, 2.45) is 0 Å². The Hall–Kier alpha value is -3.55. The number of nitrogens with one attached hydrogen (secondary N) is 1. The van der Waals surface area contributed by atoms with Crippen molar-refractivity contribution in [3.8, 4) is 17.2 Å². The second-order valence-electron chi connectivity index (χ2n) is 7.16. The Balaban J connectivity index is 1.55. The SMILES string of the molecule is CCCC(=O)c1ccc2c(c1)N(CC(=O)Nc1ccc3c(c1)OCO3)C(=O)C(C)O2.